The molecule has 1 unspecified atom stereocenters. The molecule has 2 heteroatoms. The number of benzene rings is 2. The van der Waals surface area contributed by atoms with E-state index in [1.807, 2.05) is 30.3 Å². The third kappa shape index (κ3) is 3.34. The van der Waals surface area contributed by atoms with Crippen LogP contribution in [0.4, 0.5) is 0 Å². The standard InChI is InChI=1S/C16H19NO/c1-13(11-17)15-9-7-14(8-10-15)12-18-16-5-3-2-4-6-16/h2-10,13H,11-12,17H2,1H3. The zero-order valence-corrected chi connectivity index (χ0v) is 10.7. The van der Waals surface area contributed by atoms with Crippen LogP contribution in [0.2, 0.25) is 0 Å². The zero-order valence-electron chi connectivity index (χ0n) is 10.7. The Bertz CT molecular complexity index is 464. The summed E-state index contributed by atoms with van der Waals surface area (Å²) in [4.78, 5) is 0. The van der Waals surface area contributed by atoms with Crippen molar-refractivity contribution in [2.24, 2.45) is 5.73 Å². The van der Waals surface area contributed by atoms with E-state index in [4.69, 9.17) is 10.5 Å². The number of nitrogens with two attached hydrogens (primary N) is 1. The van der Waals surface area contributed by atoms with Gasteiger partial charge in [-0.1, -0.05) is 49.4 Å². The lowest BCUT2D eigenvalue weighted by Gasteiger charge is -2.10. The lowest BCUT2D eigenvalue weighted by molar-refractivity contribution is 0.306. The number of hydrogen-bond donors (Lipinski definition) is 1. The van der Waals surface area contributed by atoms with Crippen molar-refractivity contribution in [3.8, 4) is 5.75 Å². The molecule has 2 rings (SSSR count). The molecule has 0 aliphatic heterocycles. The van der Waals surface area contributed by atoms with Crippen LogP contribution in [0.3, 0.4) is 0 Å². The average molecular weight is 241 g/mol. The quantitative estimate of drug-likeness (QED) is 0.871. The number of para-hydroxylation sites is 1. The summed E-state index contributed by atoms with van der Waals surface area (Å²) in [5, 5.41) is 0. The van der Waals surface area contributed by atoms with Gasteiger partial charge in [-0.05, 0) is 35.7 Å². The Morgan fingerprint density at radius 3 is 2.28 bits per heavy atom. The molecule has 0 heterocycles. The van der Waals surface area contributed by atoms with Gasteiger partial charge in [0.05, 0.1) is 0 Å². The molecule has 0 saturated heterocycles. The molecule has 0 aliphatic rings. The van der Waals surface area contributed by atoms with Gasteiger partial charge in [0.15, 0.2) is 0 Å². The predicted octanol–water partition coefficient (Wildman–Crippen LogP) is 3.33. The van der Waals surface area contributed by atoms with Crippen LogP contribution >= 0.6 is 0 Å². The first kappa shape index (κ1) is 12.7. The second kappa shape index (κ2) is 6.22. The predicted molar refractivity (Wildman–Crippen MR) is 74.7 cm³/mol. The molecular weight excluding hydrogens is 222 g/mol. The van der Waals surface area contributed by atoms with E-state index in [1.54, 1.807) is 0 Å². The van der Waals surface area contributed by atoms with Gasteiger partial charge in [-0.3, -0.25) is 0 Å². The molecule has 0 fully saturated rings. The molecule has 0 radical (unpaired) electrons. The fourth-order valence-corrected chi connectivity index (χ4v) is 1.76. The van der Waals surface area contributed by atoms with E-state index < -0.39 is 0 Å². The van der Waals surface area contributed by atoms with Crippen molar-refractivity contribution in [1.82, 2.24) is 0 Å². The summed E-state index contributed by atoms with van der Waals surface area (Å²) in [6.45, 7) is 3.41. The maximum absolute atomic E-state index is 5.69. The Morgan fingerprint density at radius 1 is 1.00 bits per heavy atom. The van der Waals surface area contributed by atoms with E-state index in [-0.39, 0.29) is 0 Å². The SMILES string of the molecule is CC(CN)c1ccc(COc2ccccc2)cc1. The number of ether oxygens (including phenoxy) is 1. The number of rotatable bonds is 5. The Hall–Kier alpha value is -1.80. The molecule has 2 aromatic carbocycles. The maximum atomic E-state index is 5.69. The molecule has 18 heavy (non-hydrogen) atoms. The van der Waals surface area contributed by atoms with Crippen molar-refractivity contribution in [2.45, 2.75) is 19.4 Å². The summed E-state index contributed by atoms with van der Waals surface area (Å²) in [5.41, 5.74) is 8.10. The summed E-state index contributed by atoms with van der Waals surface area (Å²) in [7, 11) is 0. The van der Waals surface area contributed by atoms with E-state index in [2.05, 4.69) is 31.2 Å². The van der Waals surface area contributed by atoms with Crippen molar-refractivity contribution in [2.75, 3.05) is 6.54 Å². The first-order valence-electron chi connectivity index (χ1n) is 6.26. The van der Waals surface area contributed by atoms with Crippen molar-refractivity contribution in [3.63, 3.8) is 0 Å². The highest BCUT2D eigenvalue weighted by Crippen LogP contribution is 2.16. The molecule has 2 nitrogen and oxygen atoms in total. The normalized spacial score (nSPS) is 12.1. The van der Waals surface area contributed by atoms with Gasteiger partial charge in [0, 0.05) is 0 Å². The molecule has 0 aromatic heterocycles. The molecule has 0 bridgehead atoms. The molecule has 2 aromatic rings. The molecule has 1 atom stereocenters. The second-order valence-corrected chi connectivity index (χ2v) is 4.48. The zero-order chi connectivity index (χ0) is 12.8. The van der Waals surface area contributed by atoms with Gasteiger partial charge in [-0.25, -0.2) is 0 Å². The van der Waals surface area contributed by atoms with Crippen LogP contribution in [-0.4, -0.2) is 6.54 Å². The lowest BCUT2D eigenvalue weighted by atomic mass is 10.0. The summed E-state index contributed by atoms with van der Waals surface area (Å²) in [5.74, 6) is 1.31. The van der Waals surface area contributed by atoms with Crippen LogP contribution in [0.15, 0.2) is 54.6 Å². The Labute approximate surface area is 108 Å². The molecular formula is C16H19NO. The molecule has 0 aliphatic carbocycles. The Kier molecular flexibility index (Phi) is 4.37. The Balaban J connectivity index is 1.94. The van der Waals surface area contributed by atoms with Crippen LogP contribution < -0.4 is 10.5 Å². The van der Waals surface area contributed by atoms with Gasteiger partial charge in [0.25, 0.3) is 0 Å². The molecule has 0 spiro atoms. The van der Waals surface area contributed by atoms with Crippen LogP contribution in [0, 0.1) is 0 Å². The summed E-state index contributed by atoms with van der Waals surface area (Å²) in [6, 6.07) is 18.3. The minimum atomic E-state index is 0.411. The summed E-state index contributed by atoms with van der Waals surface area (Å²) >= 11 is 0. The third-order valence-electron chi connectivity index (χ3n) is 3.05. The van der Waals surface area contributed by atoms with Crippen LogP contribution in [0.1, 0.15) is 24.0 Å². The van der Waals surface area contributed by atoms with Crippen LogP contribution in [-0.2, 0) is 6.61 Å². The van der Waals surface area contributed by atoms with E-state index in [0.717, 1.165) is 5.75 Å². The van der Waals surface area contributed by atoms with E-state index in [1.165, 1.54) is 11.1 Å². The van der Waals surface area contributed by atoms with Crippen molar-refractivity contribution < 1.29 is 4.74 Å². The first-order chi connectivity index (χ1) is 8.79. The van der Waals surface area contributed by atoms with Crippen molar-refractivity contribution >= 4 is 0 Å². The number of hydrogen-bond acceptors (Lipinski definition) is 2. The maximum Gasteiger partial charge on any atom is 0.119 e. The smallest absolute Gasteiger partial charge is 0.119 e. The highest BCUT2D eigenvalue weighted by atomic mass is 16.5. The lowest BCUT2D eigenvalue weighted by Crippen LogP contribution is -2.08. The fraction of sp³-hybridized carbons (Fsp3) is 0.250. The van der Waals surface area contributed by atoms with E-state index >= 15 is 0 Å². The summed E-state index contributed by atoms with van der Waals surface area (Å²) < 4.78 is 5.69. The van der Waals surface area contributed by atoms with Gasteiger partial charge < -0.3 is 10.5 Å². The highest BCUT2D eigenvalue weighted by molar-refractivity contribution is 5.26. The topological polar surface area (TPSA) is 35.2 Å². The minimum Gasteiger partial charge on any atom is -0.489 e. The van der Waals surface area contributed by atoms with Crippen LogP contribution in [0.5, 0.6) is 5.75 Å². The van der Waals surface area contributed by atoms with Crippen molar-refractivity contribution in [1.29, 1.82) is 0 Å². The largest absolute Gasteiger partial charge is 0.489 e. The van der Waals surface area contributed by atoms with Crippen molar-refractivity contribution in [3.05, 3.63) is 65.7 Å². The minimum absolute atomic E-state index is 0.411. The van der Waals surface area contributed by atoms with Crippen LogP contribution in [0.25, 0.3) is 0 Å². The molecule has 0 amide bonds. The van der Waals surface area contributed by atoms with Gasteiger partial charge in [-0.2, -0.15) is 0 Å². The first-order valence-corrected chi connectivity index (χ1v) is 6.26. The Morgan fingerprint density at radius 2 is 1.67 bits per heavy atom. The van der Waals surface area contributed by atoms with Gasteiger partial charge >= 0.3 is 0 Å². The second-order valence-electron chi connectivity index (χ2n) is 4.48. The van der Waals surface area contributed by atoms with Gasteiger partial charge in [-0.15, -0.1) is 0 Å². The summed E-state index contributed by atoms with van der Waals surface area (Å²) in [6.07, 6.45) is 0. The van der Waals surface area contributed by atoms with Gasteiger partial charge in [0.1, 0.15) is 12.4 Å². The van der Waals surface area contributed by atoms with Gasteiger partial charge in [0.2, 0.25) is 0 Å². The average Bonchev–Trinajstić information content (AvgIpc) is 2.46. The van der Waals surface area contributed by atoms with E-state index in [0.29, 0.717) is 19.1 Å². The van der Waals surface area contributed by atoms with E-state index in [9.17, 15) is 0 Å². The third-order valence-corrected chi connectivity index (χ3v) is 3.05. The highest BCUT2D eigenvalue weighted by Gasteiger charge is 2.02. The molecule has 0 saturated carbocycles. The molecule has 94 valence electrons. The monoisotopic (exact) mass is 241 g/mol. The fourth-order valence-electron chi connectivity index (χ4n) is 1.76. The molecule has 2 N–H and O–H groups in total.